The first-order chi connectivity index (χ1) is 12.5. The Kier molecular flexibility index (Phi) is 9.47. The highest BCUT2D eigenvalue weighted by Gasteiger charge is 2.17. The fourth-order valence-electron chi connectivity index (χ4n) is 2.58. The van der Waals surface area contributed by atoms with Crippen LogP contribution >= 0.6 is 12.4 Å². The molecule has 0 heterocycles. The molecule has 146 valence electrons. The average molecular weight is 393 g/mol. The SMILES string of the molecule is CN(C)CCC(CCc1ccccc1)OC(=O)c1ccc([N+](=O)[O-])cc1.Cl. The molecule has 2 aromatic carbocycles. The molecule has 1 unspecified atom stereocenters. The molecular formula is C20H25ClN2O4. The first-order valence-corrected chi connectivity index (χ1v) is 8.60. The normalized spacial score (nSPS) is 11.5. The quantitative estimate of drug-likeness (QED) is 0.364. The van der Waals surface area contributed by atoms with Gasteiger partial charge in [0.1, 0.15) is 6.10 Å². The van der Waals surface area contributed by atoms with Gasteiger partial charge in [-0.1, -0.05) is 30.3 Å². The minimum absolute atomic E-state index is 0. The van der Waals surface area contributed by atoms with Crippen molar-refractivity contribution >= 4 is 24.1 Å². The minimum Gasteiger partial charge on any atom is -0.459 e. The van der Waals surface area contributed by atoms with E-state index in [1.807, 2.05) is 32.3 Å². The van der Waals surface area contributed by atoms with Gasteiger partial charge in [-0.25, -0.2) is 4.79 Å². The number of hydrogen-bond acceptors (Lipinski definition) is 5. The summed E-state index contributed by atoms with van der Waals surface area (Å²) in [5.41, 5.74) is 1.48. The summed E-state index contributed by atoms with van der Waals surface area (Å²) in [4.78, 5) is 24.7. The van der Waals surface area contributed by atoms with Crippen LogP contribution in [0.4, 0.5) is 5.69 Å². The number of nitro groups is 1. The van der Waals surface area contributed by atoms with Gasteiger partial charge >= 0.3 is 5.97 Å². The number of ether oxygens (including phenoxy) is 1. The second-order valence-corrected chi connectivity index (χ2v) is 6.45. The second-order valence-electron chi connectivity index (χ2n) is 6.45. The van der Waals surface area contributed by atoms with Crippen molar-refractivity contribution in [3.63, 3.8) is 0 Å². The first kappa shape index (κ1) is 22.6. The van der Waals surface area contributed by atoms with Gasteiger partial charge in [0.25, 0.3) is 5.69 Å². The van der Waals surface area contributed by atoms with Crippen molar-refractivity contribution in [1.29, 1.82) is 0 Å². The van der Waals surface area contributed by atoms with Crippen molar-refractivity contribution < 1.29 is 14.5 Å². The average Bonchev–Trinajstić information content (AvgIpc) is 2.64. The molecule has 0 saturated carbocycles. The van der Waals surface area contributed by atoms with E-state index in [4.69, 9.17) is 4.74 Å². The molecule has 0 aliphatic carbocycles. The Morgan fingerprint density at radius 3 is 2.26 bits per heavy atom. The smallest absolute Gasteiger partial charge is 0.338 e. The highest BCUT2D eigenvalue weighted by Crippen LogP contribution is 2.16. The van der Waals surface area contributed by atoms with Gasteiger partial charge in [0.05, 0.1) is 10.5 Å². The molecule has 2 aromatic rings. The van der Waals surface area contributed by atoms with Crippen LogP contribution in [0.3, 0.4) is 0 Å². The van der Waals surface area contributed by atoms with E-state index in [2.05, 4.69) is 17.0 Å². The number of hydrogen-bond donors (Lipinski definition) is 0. The molecule has 1 atom stereocenters. The molecule has 0 aliphatic heterocycles. The van der Waals surface area contributed by atoms with E-state index in [-0.39, 0.29) is 24.2 Å². The maximum Gasteiger partial charge on any atom is 0.338 e. The number of nitro benzene ring substituents is 1. The zero-order valence-electron chi connectivity index (χ0n) is 15.5. The fraction of sp³-hybridized carbons (Fsp3) is 0.350. The third-order valence-electron chi connectivity index (χ3n) is 4.08. The lowest BCUT2D eigenvalue weighted by molar-refractivity contribution is -0.384. The van der Waals surface area contributed by atoms with Crippen LogP contribution in [0, 0.1) is 10.1 Å². The van der Waals surface area contributed by atoms with Gasteiger partial charge in [-0.15, -0.1) is 12.4 Å². The van der Waals surface area contributed by atoms with Crippen molar-refractivity contribution in [2.24, 2.45) is 0 Å². The molecule has 6 nitrogen and oxygen atoms in total. The molecule has 7 heteroatoms. The van der Waals surface area contributed by atoms with Gasteiger partial charge in [-0.2, -0.15) is 0 Å². The summed E-state index contributed by atoms with van der Waals surface area (Å²) >= 11 is 0. The maximum absolute atomic E-state index is 12.4. The monoisotopic (exact) mass is 392 g/mol. The summed E-state index contributed by atoms with van der Waals surface area (Å²) < 4.78 is 5.67. The summed E-state index contributed by atoms with van der Waals surface area (Å²) in [5.74, 6) is -0.447. The van der Waals surface area contributed by atoms with Crippen LogP contribution in [-0.4, -0.2) is 42.5 Å². The number of nitrogens with zero attached hydrogens (tertiary/aromatic N) is 2. The van der Waals surface area contributed by atoms with E-state index >= 15 is 0 Å². The van der Waals surface area contributed by atoms with Crippen LogP contribution in [-0.2, 0) is 11.2 Å². The van der Waals surface area contributed by atoms with Crippen LogP contribution in [0.1, 0.15) is 28.8 Å². The molecule has 0 saturated heterocycles. The zero-order valence-corrected chi connectivity index (χ0v) is 16.4. The van der Waals surface area contributed by atoms with Crippen LogP contribution in [0.25, 0.3) is 0 Å². The van der Waals surface area contributed by atoms with Crippen LogP contribution in [0.5, 0.6) is 0 Å². The number of aryl methyl sites for hydroxylation is 1. The number of rotatable bonds is 9. The van der Waals surface area contributed by atoms with Crippen molar-refractivity contribution in [3.8, 4) is 0 Å². The van der Waals surface area contributed by atoms with Crippen molar-refractivity contribution in [2.45, 2.75) is 25.4 Å². The Morgan fingerprint density at radius 2 is 1.70 bits per heavy atom. The lowest BCUT2D eigenvalue weighted by atomic mass is 10.0. The topological polar surface area (TPSA) is 72.7 Å². The van der Waals surface area contributed by atoms with Crippen LogP contribution in [0.2, 0.25) is 0 Å². The Bertz CT molecular complexity index is 721. The Labute approximate surface area is 165 Å². The molecule has 0 radical (unpaired) electrons. The molecule has 0 amide bonds. The van der Waals surface area contributed by atoms with Crippen molar-refractivity contribution in [1.82, 2.24) is 4.90 Å². The fourth-order valence-corrected chi connectivity index (χ4v) is 2.58. The van der Waals surface area contributed by atoms with Gasteiger partial charge in [-0.05, 0) is 51.1 Å². The third-order valence-corrected chi connectivity index (χ3v) is 4.08. The largest absolute Gasteiger partial charge is 0.459 e. The minimum atomic E-state index is -0.491. The lowest BCUT2D eigenvalue weighted by Gasteiger charge is -2.20. The Hall–Kier alpha value is -2.44. The number of benzene rings is 2. The van der Waals surface area contributed by atoms with E-state index < -0.39 is 10.9 Å². The number of halogens is 1. The summed E-state index contributed by atoms with van der Waals surface area (Å²) in [7, 11) is 3.96. The summed E-state index contributed by atoms with van der Waals surface area (Å²) in [6, 6.07) is 15.6. The highest BCUT2D eigenvalue weighted by atomic mass is 35.5. The molecule has 2 rings (SSSR count). The van der Waals surface area contributed by atoms with E-state index in [0.29, 0.717) is 5.56 Å². The molecule has 0 aliphatic rings. The van der Waals surface area contributed by atoms with Gasteiger partial charge in [0, 0.05) is 18.7 Å². The predicted molar refractivity (Wildman–Crippen MR) is 107 cm³/mol. The number of carbonyl (C=O) groups is 1. The first-order valence-electron chi connectivity index (χ1n) is 8.60. The van der Waals surface area contributed by atoms with E-state index in [0.717, 1.165) is 25.8 Å². The van der Waals surface area contributed by atoms with E-state index in [1.165, 1.54) is 29.8 Å². The standard InChI is InChI=1S/C20H24N2O4.ClH/c1-21(2)15-14-19(13-8-16-6-4-3-5-7-16)26-20(23)17-9-11-18(12-10-17)22(24)25;/h3-7,9-12,19H,8,13-15H2,1-2H3;1H. The molecule has 0 spiro atoms. The molecule has 0 aromatic heterocycles. The van der Waals surface area contributed by atoms with Gasteiger partial charge in [0.15, 0.2) is 0 Å². The molecular weight excluding hydrogens is 368 g/mol. The maximum atomic E-state index is 12.4. The Morgan fingerprint density at radius 1 is 1.07 bits per heavy atom. The number of non-ortho nitro benzene ring substituents is 1. The molecule has 27 heavy (non-hydrogen) atoms. The van der Waals surface area contributed by atoms with Crippen LogP contribution in [0.15, 0.2) is 54.6 Å². The molecule has 0 bridgehead atoms. The van der Waals surface area contributed by atoms with Gasteiger partial charge in [0.2, 0.25) is 0 Å². The third kappa shape index (κ3) is 7.76. The Balaban J connectivity index is 0.00000364. The summed E-state index contributed by atoms with van der Waals surface area (Å²) in [5, 5.41) is 10.7. The van der Waals surface area contributed by atoms with E-state index in [1.54, 1.807) is 0 Å². The van der Waals surface area contributed by atoms with Crippen molar-refractivity contribution in [3.05, 3.63) is 75.8 Å². The molecule has 0 N–H and O–H groups in total. The predicted octanol–water partition coefficient (Wildman–Crippen LogP) is 4.13. The lowest BCUT2D eigenvalue weighted by Crippen LogP contribution is -2.25. The number of esters is 1. The summed E-state index contributed by atoms with van der Waals surface area (Å²) in [6.07, 6.45) is 2.09. The summed E-state index contributed by atoms with van der Waals surface area (Å²) in [6.45, 7) is 0.812. The van der Waals surface area contributed by atoms with Gasteiger partial charge in [-0.3, -0.25) is 10.1 Å². The van der Waals surface area contributed by atoms with Crippen molar-refractivity contribution in [2.75, 3.05) is 20.6 Å². The zero-order chi connectivity index (χ0) is 18.9. The number of carbonyl (C=O) groups excluding carboxylic acids is 1. The second kappa shape index (κ2) is 11.3. The van der Waals surface area contributed by atoms with Gasteiger partial charge < -0.3 is 9.64 Å². The highest BCUT2D eigenvalue weighted by molar-refractivity contribution is 5.89. The molecule has 0 fully saturated rings. The van der Waals surface area contributed by atoms with Crippen LogP contribution < -0.4 is 0 Å². The van der Waals surface area contributed by atoms with E-state index in [9.17, 15) is 14.9 Å².